The summed E-state index contributed by atoms with van der Waals surface area (Å²) in [6.07, 6.45) is 10.5. The van der Waals surface area contributed by atoms with Gasteiger partial charge in [0.15, 0.2) is 5.82 Å². The second-order valence-electron chi connectivity index (χ2n) is 6.11. The van der Waals surface area contributed by atoms with E-state index in [0.717, 1.165) is 35.1 Å². The standard InChI is InChI=1S/C15H25N3OS/c1-16-13(11-7-8-11)9-15-17-14(18-19-15)10-20-12-5-3-2-4-6-12/h11-13,16H,2-10H2,1H3. The topological polar surface area (TPSA) is 51.0 Å². The molecule has 1 heterocycles. The third-order valence-electron chi connectivity index (χ3n) is 4.47. The van der Waals surface area contributed by atoms with Crippen molar-refractivity contribution in [3.05, 3.63) is 11.7 Å². The van der Waals surface area contributed by atoms with E-state index in [-0.39, 0.29) is 0 Å². The Balaban J connectivity index is 1.46. The van der Waals surface area contributed by atoms with Gasteiger partial charge in [-0.2, -0.15) is 16.7 Å². The summed E-state index contributed by atoms with van der Waals surface area (Å²) in [6.45, 7) is 0. The van der Waals surface area contributed by atoms with Gasteiger partial charge in [-0.25, -0.2) is 0 Å². The summed E-state index contributed by atoms with van der Waals surface area (Å²) in [5.74, 6) is 3.39. The molecule has 5 heteroatoms. The minimum Gasteiger partial charge on any atom is -0.339 e. The SMILES string of the molecule is CNC(Cc1nc(CSC2CCCCC2)no1)C1CC1. The van der Waals surface area contributed by atoms with Crippen LogP contribution in [-0.2, 0) is 12.2 Å². The predicted molar refractivity (Wildman–Crippen MR) is 81.7 cm³/mol. The fourth-order valence-corrected chi connectivity index (χ4v) is 4.22. The van der Waals surface area contributed by atoms with Crippen molar-refractivity contribution in [1.29, 1.82) is 0 Å². The van der Waals surface area contributed by atoms with Crippen LogP contribution in [-0.4, -0.2) is 28.5 Å². The first kappa shape index (κ1) is 14.4. The van der Waals surface area contributed by atoms with E-state index in [0.29, 0.717) is 6.04 Å². The number of hydrogen-bond acceptors (Lipinski definition) is 5. The van der Waals surface area contributed by atoms with Crippen LogP contribution in [0.3, 0.4) is 0 Å². The Bertz CT molecular complexity index is 413. The molecular formula is C15H25N3OS. The molecule has 112 valence electrons. The average molecular weight is 295 g/mol. The summed E-state index contributed by atoms with van der Waals surface area (Å²) in [6, 6.07) is 0.509. The van der Waals surface area contributed by atoms with Gasteiger partial charge in [0.05, 0.1) is 5.75 Å². The number of hydrogen-bond donors (Lipinski definition) is 1. The molecule has 1 aromatic rings. The highest BCUT2D eigenvalue weighted by Gasteiger charge is 2.31. The van der Waals surface area contributed by atoms with E-state index in [4.69, 9.17) is 4.52 Å². The average Bonchev–Trinajstić information content (AvgIpc) is 3.24. The molecule has 2 saturated carbocycles. The molecule has 1 aromatic heterocycles. The van der Waals surface area contributed by atoms with Crippen LogP contribution in [0.4, 0.5) is 0 Å². The van der Waals surface area contributed by atoms with Crippen molar-refractivity contribution in [1.82, 2.24) is 15.5 Å². The maximum Gasteiger partial charge on any atom is 0.228 e. The fraction of sp³-hybridized carbons (Fsp3) is 0.867. The van der Waals surface area contributed by atoms with Crippen molar-refractivity contribution in [2.45, 2.75) is 68.4 Å². The number of likely N-dealkylation sites (N-methyl/N-ethyl adjacent to an activating group) is 1. The number of nitrogens with zero attached hydrogens (tertiary/aromatic N) is 2. The molecule has 1 unspecified atom stereocenters. The normalized spacial score (nSPS) is 22.1. The molecule has 0 aliphatic heterocycles. The van der Waals surface area contributed by atoms with Crippen LogP contribution >= 0.6 is 11.8 Å². The maximum absolute atomic E-state index is 5.40. The van der Waals surface area contributed by atoms with Crippen LogP contribution in [0.25, 0.3) is 0 Å². The van der Waals surface area contributed by atoms with Gasteiger partial charge in [-0.1, -0.05) is 24.4 Å². The molecule has 0 spiro atoms. The second-order valence-corrected chi connectivity index (χ2v) is 7.40. The third-order valence-corrected chi connectivity index (χ3v) is 5.83. The molecule has 2 fully saturated rings. The van der Waals surface area contributed by atoms with Crippen LogP contribution in [0.15, 0.2) is 4.52 Å². The van der Waals surface area contributed by atoms with E-state index in [1.54, 1.807) is 0 Å². The first-order valence-corrected chi connectivity index (χ1v) is 9.00. The van der Waals surface area contributed by atoms with Crippen LogP contribution in [0.1, 0.15) is 56.7 Å². The Morgan fingerprint density at radius 2 is 2.05 bits per heavy atom. The zero-order valence-electron chi connectivity index (χ0n) is 12.3. The monoisotopic (exact) mass is 295 g/mol. The Kier molecular flexibility index (Phi) is 4.99. The van der Waals surface area contributed by atoms with E-state index in [9.17, 15) is 0 Å². The van der Waals surface area contributed by atoms with Crippen molar-refractivity contribution in [2.75, 3.05) is 7.05 Å². The first-order chi connectivity index (χ1) is 9.85. The van der Waals surface area contributed by atoms with Gasteiger partial charge in [0.2, 0.25) is 5.89 Å². The molecule has 0 amide bonds. The molecular weight excluding hydrogens is 270 g/mol. The van der Waals surface area contributed by atoms with Crippen LogP contribution < -0.4 is 5.32 Å². The van der Waals surface area contributed by atoms with Gasteiger partial charge < -0.3 is 9.84 Å². The van der Waals surface area contributed by atoms with Crippen molar-refractivity contribution in [3.8, 4) is 0 Å². The zero-order chi connectivity index (χ0) is 13.8. The smallest absolute Gasteiger partial charge is 0.228 e. The van der Waals surface area contributed by atoms with Crippen LogP contribution in [0.2, 0.25) is 0 Å². The van der Waals surface area contributed by atoms with Gasteiger partial charge >= 0.3 is 0 Å². The number of aromatic nitrogens is 2. The number of rotatable bonds is 7. The van der Waals surface area contributed by atoms with Crippen molar-refractivity contribution >= 4 is 11.8 Å². The van der Waals surface area contributed by atoms with Gasteiger partial charge in [-0.15, -0.1) is 0 Å². The van der Waals surface area contributed by atoms with E-state index in [2.05, 4.69) is 15.5 Å². The highest BCUT2D eigenvalue weighted by atomic mass is 32.2. The van der Waals surface area contributed by atoms with Crippen molar-refractivity contribution in [2.24, 2.45) is 5.92 Å². The third kappa shape index (κ3) is 3.98. The van der Waals surface area contributed by atoms with Crippen LogP contribution in [0.5, 0.6) is 0 Å². The molecule has 1 N–H and O–H groups in total. The second kappa shape index (κ2) is 6.94. The Labute approximate surface area is 125 Å². The van der Waals surface area contributed by atoms with E-state index < -0.39 is 0 Å². The highest BCUT2D eigenvalue weighted by molar-refractivity contribution is 7.99. The number of nitrogens with one attached hydrogen (secondary N) is 1. The lowest BCUT2D eigenvalue weighted by atomic mass is 10.0. The van der Waals surface area contributed by atoms with E-state index >= 15 is 0 Å². The summed E-state index contributed by atoms with van der Waals surface area (Å²) >= 11 is 2.01. The lowest BCUT2D eigenvalue weighted by Crippen LogP contribution is -2.29. The Morgan fingerprint density at radius 3 is 2.75 bits per heavy atom. The van der Waals surface area contributed by atoms with Gasteiger partial charge in [0.25, 0.3) is 0 Å². The molecule has 1 atom stereocenters. The zero-order valence-corrected chi connectivity index (χ0v) is 13.1. The van der Waals surface area contributed by atoms with Gasteiger partial charge in [-0.3, -0.25) is 0 Å². The quantitative estimate of drug-likeness (QED) is 0.837. The van der Waals surface area contributed by atoms with Crippen molar-refractivity contribution < 1.29 is 4.52 Å². The molecule has 4 nitrogen and oxygen atoms in total. The largest absolute Gasteiger partial charge is 0.339 e. The molecule has 2 aliphatic rings. The Hall–Kier alpha value is -0.550. The van der Waals surface area contributed by atoms with E-state index in [1.807, 2.05) is 18.8 Å². The molecule has 2 aliphatic carbocycles. The summed E-state index contributed by atoms with van der Waals surface area (Å²) < 4.78 is 5.40. The first-order valence-electron chi connectivity index (χ1n) is 7.95. The van der Waals surface area contributed by atoms with Crippen LogP contribution in [0, 0.1) is 5.92 Å². The molecule has 0 aromatic carbocycles. The lowest BCUT2D eigenvalue weighted by molar-refractivity contribution is 0.349. The minimum absolute atomic E-state index is 0.509. The molecule has 0 radical (unpaired) electrons. The van der Waals surface area contributed by atoms with Gasteiger partial charge in [0.1, 0.15) is 0 Å². The molecule has 3 rings (SSSR count). The minimum atomic E-state index is 0.509. The molecule has 0 saturated heterocycles. The van der Waals surface area contributed by atoms with Gasteiger partial charge in [-0.05, 0) is 38.6 Å². The van der Waals surface area contributed by atoms with E-state index in [1.165, 1.54) is 44.9 Å². The van der Waals surface area contributed by atoms with Crippen molar-refractivity contribution in [3.63, 3.8) is 0 Å². The summed E-state index contributed by atoms with van der Waals surface area (Å²) in [7, 11) is 2.03. The molecule has 20 heavy (non-hydrogen) atoms. The van der Waals surface area contributed by atoms with Gasteiger partial charge in [0, 0.05) is 17.7 Å². The number of thioether (sulfide) groups is 1. The lowest BCUT2D eigenvalue weighted by Gasteiger charge is -2.19. The predicted octanol–water partition coefficient (Wildman–Crippen LogP) is 3.18. The highest BCUT2D eigenvalue weighted by Crippen LogP contribution is 2.34. The summed E-state index contributed by atoms with van der Waals surface area (Å²) in [5.41, 5.74) is 0. The maximum atomic E-state index is 5.40. The molecule has 0 bridgehead atoms. The summed E-state index contributed by atoms with van der Waals surface area (Å²) in [4.78, 5) is 4.55. The fourth-order valence-electron chi connectivity index (χ4n) is 3.05. The summed E-state index contributed by atoms with van der Waals surface area (Å²) in [5, 5.41) is 8.31. The Morgan fingerprint density at radius 1 is 1.25 bits per heavy atom.